The number of aryl methyl sites for hydroxylation is 2. The minimum absolute atomic E-state index is 0.107. The van der Waals surface area contributed by atoms with Crippen molar-refractivity contribution in [2.45, 2.75) is 20.5 Å². The van der Waals surface area contributed by atoms with E-state index >= 15 is 0 Å². The molecule has 2 aromatic rings. The van der Waals surface area contributed by atoms with Crippen LogP contribution in [-0.4, -0.2) is 5.97 Å². The molecule has 0 fully saturated rings. The lowest BCUT2D eigenvalue weighted by Gasteiger charge is -2.09. The molecule has 0 unspecified atom stereocenters. The largest absolute Gasteiger partial charge is 0.457 e. The zero-order valence-electron chi connectivity index (χ0n) is 11.5. The lowest BCUT2D eigenvalue weighted by atomic mass is 10.1. The van der Waals surface area contributed by atoms with Crippen molar-refractivity contribution < 1.29 is 9.53 Å². The van der Waals surface area contributed by atoms with Gasteiger partial charge in [-0.15, -0.1) is 0 Å². The first-order valence-corrected chi connectivity index (χ1v) is 6.34. The van der Waals surface area contributed by atoms with Crippen molar-refractivity contribution in [1.29, 1.82) is 5.26 Å². The Labute approximate surface area is 118 Å². The standard InChI is InChI=1S/C17H15NO2/c1-12-7-8-13(2)16(9-12)17(19)20-11-15-6-4-3-5-14(15)10-18/h3-9H,11H2,1-2H3. The number of benzene rings is 2. The smallest absolute Gasteiger partial charge is 0.338 e. The SMILES string of the molecule is Cc1ccc(C)c(C(=O)OCc2ccccc2C#N)c1. The van der Waals surface area contributed by atoms with E-state index < -0.39 is 0 Å². The number of carbonyl (C=O) groups excluding carboxylic acids is 1. The molecule has 100 valence electrons. The third kappa shape index (κ3) is 3.04. The van der Waals surface area contributed by atoms with E-state index in [0.29, 0.717) is 16.7 Å². The van der Waals surface area contributed by atoms with E-state index in [1.54, 1.807) is 18.2 Å². The Bertz CT molecular complexity index is 684. The lowest BCUT2D eigenvalue weighted by molar-refractivity contribution is 0.0471. The molecule has 0 aromatic heterocycles. The third-order valence-corrected chi connectivity index (χ3v) is 3.11. The van der Waals surface area contributed by atoms with Crippen molar-refractivity contribution in [2.75, 3.05) is 0 Å². The number of nitriles is 1. The topological polar surface area (TPSA) is 50.1 Å². The Hall–Kier alpha value is -2.60. The molecule has 0 bridgehead atoms. The van der Waals surface area contributed by atoms with E-state index in [-0.39, 0.29) is 12.6 Å². The highest BCUT2D eigenvalue weighted by Crippen LogP contribution is 2.14. The van der Waals surface area contributed by atoms with Crippen LogP contribution >= 0.6 is 0 Å². The van der Waals surface area contributed by atoms with Gasteiger partial charge >= 0.3 is 5.97 Å². The fraction of sp³-hybridized carbons (Fsp3) is 0.176. The molecule has 0 aliphatic rings. The third-order valence-electron chi connectivity index (χ3n) is 3.11. The molecular weight excluding hydrogens is 250 g/mol. The molecule has 0 atom stereocenters. The molecular formula is C17H15NO2. The van der Waals surface area contributed by atoms with E-state index in [1.165, 1.54) is 0 Å². The van der Waals surface area contributed by atoms with Gasteiger partial charge in [0.25, 0.3) is 0 Å². The predicted octanol–water partition coefficient (Wildman–Crippen LogP) is 3.53. The summed E-state index contributed by atoms with van der Waals surface area (Å²) >= 11 is 0. The summed E-state index contributed by atoms with van der Waals surface area (Å²) in [7, 11) is 0. The van der Waals surface area contributed by atoms with Crippen molar-refractivity contribution in [3.63, 3.8) is 0 Å². The molecule has 0 aliphatic heterocycles. The van der Waals surface area contributed by atoms with Crippen LogP contribution < -0.4 is 0 Å². The Kier molecular flexibility index (Phi) is 4.17. The maximum atomic E-state index is 12.1. The number of rotatable bonds is 3. The van der Waals surface area contributed by atoms with Gasteiger partial charge in [-0.3, -0.25) is 0 Å². The number of hydrogen-bond donors (Lipinski definition) is 0. The van der Waals surface area contributed by atoms with Gasteiger partial charge in [0.15, 0.2) is 0 Å². The Morgan fingerprint density at radius 2 is 1.95 bits per heavy atom. The summed E-state index contributed by atoms with van der Waals surface area (Å²) in [6.07, 6.45) is 0. The molecule has 0 saturated carbocycles. The molecule has 0 heterocycles. The van der Waals surface area contributed by atoms with E-state index in [0.717, 1.165) is 11.1 Å². The van der Waals surface area contributed by atoms with Crippen molar-refractivity contribution >= 4 is 5.97 Å². The van der Waals surface area contributed by atoms with E-state index in [4.69, 9.17) is 10.00 Å². The molecule has 2 aromatic carbocycles. The highest BCUT2D eigenvalue weighted by atomic mass is 16.5. The van der Waals surface area contributed by atoms with Crippen molar-refractivity contribution in [3.8, 4) is 6.07 Å². The van der Waals surface area contributed by atoms with Gasteiger partial charge < -0.3 is 4.74 Å². The lowest BCUT2D eigenvalue weighted by Crippen LogP contribution is -2.08. The second-order valence-corrected chi connectivity index (χ2v) is 4.66. The second-order valence-electron chi connectivity index (χ2n) is 4.66. The van der Waals surface area contributed by atoms with Gasteiger partial charge in [0, 0.05) is 5.56 Å². The number of ether oxygens (including phenoxy) is 1. The van der Waals surface area contributed by atoms with Gasteiger partial charge in [-0.1, -0.05) is 35.9 Å². The fourth-order valence-corrected chi connectivity index (χ4v) is 1.93. The molecule has 2 rings (SSSR count). The minimum Gasteiger partial charge on any atom is -0.457 e. The summed E-state index contributed by atoms with van der Waals surface area (Å²) in [6, 6.07) is 14.9. The van der Waals surface area contributed by atoms with Crippen LogP contribution in [0.25, 0.3) is 0 Å². The quantitative estimate of drug-likeness (QED) is 0.798. The van der Waals surface area contributed by atoms with Crippen LogP contribution in [0.2, 0.25) is 0 Å². The fourth-order valence-electron chi connectivity index (χ4n) is 1.93. The molecule has 0 N–H and O–H groups in total. The van der Waals surface area contributed by atoms with Crippen molar-refractivity contribution in [1.82, 2.24) is 0 Å². The second kappa shape index (κ2) is 6.03. The van der Waals surface area contributed by atoms with E-state index in [2.05, 4.69) is 6.07 Å². The van der Waals surface area contributed by atoms with Crippen LogP contribution in [0.15, 0.2) is 42.5 Å². The number of nitrogens with zero attached hydrogens (tertiary/aromatic N) is 1. The van der Waals surface area contributed by atoms with Crippen LogP contribution in [0, 0.1) is 25.2 Å². The molecule has 0 amide bonds. The summed E-state index contributed by atoms with van der Waals surface area (Å²) in [4.78, 5) is 12.1. The summed E-state index contributed by atoms with van der Waals surface area (Å²) in [5.41, 5.74) is 3.71. The molecule has 0 spiro atoms. The minimum atomic E-state index is -0.362. The molecule has 3 heteroatoms. The van der Waals surface area contributed by atoms with Crippen LogP contribution in [0.3, 0.4) is 0 Å². The Morgan fingerprint density at radius 1 is 1.20 bits per heavy atom. The first-order valence-electron chi connectivity index (χ1n) is 6.34. The van der Waals surface area contributed by atoms with E-state index in [1.807, 2.05) is 38.1 Å². The number of esters is 1. The predicted molar refractivity (Wildman–Crippen MR) is 76.2 cm³/mol. The molecule has 0 radical (unpaired) electrons. The number of hydrogen-bond acceptors (Lipinski definition) is 3. The van der Waals surface area contributed by atoms with Crippen molar-refractivity contribution in [2.24, 2.45) is 0 Å². The first-order chi connectivity index (χ1) is 9.61. The highest BCUT2D eigenvalue weighted by Gasteiger charge is 2.11. The van der Waals surface area contributed by atoms with Gasteiger partial charge in [0.05, 0.1) is 17.2 Å². The van der Waals surface area contributed by atoms with Crippen LogP contribution in [0.4, 0.5) is 0 Å². The molecule has 20 heavy (non-hydrogen) atoms. The van der Waals surface area contributed by atoms with Gasteiger partial charge in [-0.25, -0.2) is 4.79 Å². The van der Waals surface area contributed by atoms with Crippen LogP contribution in [0.5, 0.6) is 0 Å². The maximum Gasteiger partial charge on any atom is 0.338 e. The zero-order chi connectivity index (χ0) is 14.5. The normalized spacial score (nSPS) is 9.85. The average Bonchev–Trinajstić information content (AvgIpc) is 2.47. The first kappa shape index (κ1) is 13.8. The average molecular weight is 265 g/mol. The van der Waals surface area contributed by atoms with Gasteiger partial charge in [0.1, 0.15) is 6.61 Å². The molecule has 0 saturated heterocycles. The monoisotopic (exact) mass is 265 g/mol. The maximum absolute atomic E-state index is 12.1. The van der Waals surface area contributed by atoms with Crippen LogP contribution in [0.1, 0.15) is 32.6 Å². The summed E-state index contributed by atoms with van der Waals surface area (Å²) in [5.74, 6) is -0.362. The summed E-state index contributed by atoms with van der Waals surface area (Å²) in [5, 5.41) is 8.99. The van der Waals surface area contributed by atoms with E-state index in [9.17, 15) is 4.79 Å². The summed E-state index contributed by atoms with van der Waals surface area (Å²) in [6.45, 7) is 3.91. The van der Waals surface area contributed by atoms with Crippen LogP contribution in [-0.2, 0) is 11.3 Å². The molecule has 0 aliphatic carbocycles. The van der Waals surface area contributed by atoms with Gasteiger partial charge in [-0.2, -0.15) is 5.26 Å². The molecule has 3 nitrogen and oxygen atoms in total. The zero-order valence-corrected chi connectivity index (χ0v) is 11.5. The Morgan fingerprint density at radius 3 is 2.70 bits per heavy atom. The summed E-state index contributed by atoms with van der Waals surface area (Å²) < 4.78 is 5.30. The van der Waals surface area contributed by atoms with Gasteiger partial charge in [0.2, 0.25) is 0 Å². The Balaban J connectivity index is 2.13. The highest BCUT2D eigenvalue weighted by molar-refractivity contribution is 5.91. The van der Waals surface area contributed by atoms with Gasteiger partial charge in [-0.05, 0) is 31.5 Å². The number of carbonyl (C=O) groups is 1. The van der Waals surface area contributed by atoms with Crippen molar-refractivity contribution in [3.05, 3.63) is 70.3 Å².